The van der Waals surface area contributed by atoms with Crippen LogP contribution in [0.4, 0.5) is 4.79 Å². The lowest BCUT2D eigenvalue weighted by Crippen LogP contribution is -2.27. The molecule has 0 spiro atoms. The predicted molar refractivity (Wildman–Crippen MR) is 120 cm³/mol. The van der Waals surface area contributed by atoms with Crippen molar-refractivity contribution in [1.29, 1.82) is 5.26 Å². The molecule has 1 fully saturated rings. The first-order valence-corrected chi connectivity index (χ1v) is 10.8. The molecule has 3 aromatic rings. The summed E-state index contributed by atoms with van der Waals surface area (Å²) in [5.41, 5.74) is 1.98. The highest BCUT2D eigenvalue weighted by Crippen LogP contribution is 2.34. The Balaban J connectivity index is 1.48. The Labute approximate surface area is 183 Å². The van der Waals surface area contributed by atoms with Crippen LogP contribution in [0.5, 0.6) is 0 Å². The minimum Gasteiger partial charge on any atom is -0.268 e. The summed E-state index contributed by atoms with van der Waals surface area (Å²) in [5.74, 6) is -0.333. The van der Waals surface area contributed by atoms with E-state index in [1.165, 1.54) is 4.90 Å². The highest BCUT2D eigenvalue weighted by Gasteiger charge is 2.35. The molecule has 0 atom stereocenters. The summed E-state index contributed by atoms with van der Waals surface area (Å²) in [6.45, 7) is 0.0956. The van der Waals surface area contributed by atoms with Crippen molar-refractivity contribution in [2.24, 2.45) is 0 Å². The molecular formula is C24H16N2O2S2. The van der Waals surface area contributed by atoms with Gasteiger partial charge in [0, 0.05) is 9.79 Å². The van der Waals surface area contributed by atoms with Gasteiger partial charge in [0.15, 0.2) is 0 Å². The molecule has 4 rings (SSSR count). The van der Waals surface area contributed by atoms with E-state index in [0.29, 0.717) is 16.0 Å². The fourth-order valence-corrected chi connectivity index (χ4v) is 4.66. The molecule has 0 unspecified atom stereocenters. The third-order valence-electron chi connectivity index (χ3n) is 4.50. The molecule has 0 bridgehead atoms. The first-order chi connectivity index (χ1) is 14.6. The van der Waals surface area contributed by atoms with Crippen molar-refractivity contribution in [1.82, 2.24) is 4.90 Å². The van der Waals surface area contributed by atoms with Gasteiger partial charge in [0.25, 0.3) is 11.1 Å². The zero-order valence-electron chi connectivity index (χ0n) is 15.8. The van der Waals surface area contributed by atoms with E-state index in [1.54, 1.807) is 42.1 Å². The van der Waals surface area contributed by atoms with Gasteiger partial charge >= 0.3 is 0 Å². The van der Waals surface area contributed by atoms with E-state index in [2.05, 4.69) is 18.2 Å². The van der Waals surface area contributed by atoms with Crippen LogP contribution in [-0.4, -0.2) is 16.0 Å². The Morgan fingerprint density at radius 3 is 2.30 bits per heavy atom. The molecule has 2 amide bonds. The second-order valence-corrected chi connectivity index (χ2v) is 8.66. The molecule has 0 aliphatic carbocycles. The van der Waals surface area contributed by atoms with Crippen molar-refractivity contribution in [3.8, 4) is 6.07 Å². The third kappa shape index (κ3) is 4.48. The maximum atomic E-state index is 12.8. The van der Waals surface area contributed by atoms with Crippen LogP contribution < -0.4 is 0 Å². The van der Waals surface area contributed by atoms with E-state index in [1.807, 2.05) is 42.5 Å². The fourth-order valence-electron chi connectivity index (χ4n) is 2.98. The van der Waals surface area contributed by atoms with Gasteiger partial charge in [0.05, 0.1) is 23.1 Å². The van der Waals surface area contributed by atoms with E-state index in [0.717, 1.165) is 27.1 Å². The van der Waals surface area contributed by atoms with Crippen LogP contribution in [0.25, 0.3) is 6.08 Å². The number of imide groups is 1. The number of rotatable bonds is 5. The molecule has 146 valence electrons. The first-order valence-electron chi connectivity index (χ1n) is 9.20. The Kier molecular flexibility index (Phi) is 6.03. The Morgan fingerprint density at radius 2 is 1.57 bits per heavy atom. The lowest BCUT2D eigenvalue weighted by Gasteiger charge is -2.13. The van der Waals surface area contributed by atoms with Crippen molar-refractivity contribution in [3.05, 3.63) is 100 Å². The van der Waals surface area contributed by atoms with E-state index in [9.17, 15) is 14.9 Å². The molecule has 1 heterocycles. The number of thioether (sulfide) groups is 1. The monoisotopic (exact) mass is 428 g/mol. The molecule has 3 aromatic carbocycles. The van der Waals surface area contributed by atoms with E-state index in [4.69, 9.17) is 0 Å². The number of nitriles is 1. The predicted octanol–water partition coefficient (Wildman–Crippen LogP) is 5.95. The van der Waals surface area contributed by atoms with Crippen LogP contribution in [-0.2, 0) is 11.3 Å². The SMILES string of the molecule is N#Cc1ccccc1CN1C(=O)S/C(=C/c2ccc(Sc3ccccc3)cc2)C1=O. The second kappa shape index (κ2) is 9.04. The van der Waals surface area contributed by atoms with Gasteiger partial charge in [0.1, 0.15) is 0 Å². The zero-order valence-corrected chi connectivity index (χ0v) is 17.5. The summed E-state index contributed by atoms with van der Waals surface area (Å²) in [5, 5.41) is 8.91. The summed E-state index contributed by atoms with van der Waals surface area (Å²) in [4.78, 5) is 29.0. The Hall–Kier alpha value is -3.27. The molecule has 0 saturated carbocycles. The van der Waals surface area contributed by atoms with E-state index in [-0.39, 0.29) is 17.7 Å². The molecule has 0 N–H and O–H groups in total. The third-order valence-corrected chi connectivity index (χ3v) is 6.42. The average Bonchev–Trinajstić information content (AvgIpc) is 3.03. The van der Waals surface area contributed by atoms with Gasteiger partial charge in [-0.05, 0) is 59.3 Å². The molecule has 30 heavy (non-hydrogen) atoms. The summed E-state index contributed by atoms with van der Waals surface area (Å²) in [6.07, 6.45) is 1.73. The molecule has 1 aliphatic rings. The van der Waals surface area contributed by atoms with Crippen molar-refractivity contribution < 1.29 is 9.59 Å². The van der Waals surface area contributed by atoms with Crippen molar-refractivity contribution in [2.45, 2.75) is 16.3 Å². The van der Waals surface area contributed by atoms with Crippen molar-refractivity contribution in [3.63, 3.8) is 0 Å². The minimum atomic E-state index is -0.333. The van der Waals surface area contributed by atoms with Crippen molar-refractivity contribution in [2.75, 3.05) is 0 Å². The fraction of sp³-hybridized carbons (Fsp3) is 0.0417. The van der Waals surface area contributed by atoms with Gasteiger partial charge in [-0.3, -0.25) is 14.5 Å². The smallest absolute Gasteiger partial charge is 0.268 e. The van der Waals surface area contributed by atoms with Gasteiger partial charge in [-0.1, -0.05) is 60.3 Å². The average molecular weight is 429 g/mol. The van der Waals surface area contributed by atoms with Gasteiger partial charge < -0.3 is 0 Å². The number of nitrogens with zero attached hydrogens (tertiary/aromatic N) is 2. The van der Waals surface area contributed by atoms with Gasteiger partial charge in [-0.2, -0.15) is 5.26 Å². The number of amides is 2. The maximum absolute atomic E-state index is 12.8. The van der Waals surface area contributed by atoms with Crippen LogP contribution in [0.2, 0.25) is 0 Å². The summed E-state index contributed by atoms with van der Waals surface area (Å²) in [6, 6.07) is 27.1. The molecule has 4 nitrogen and oxygen atoms in total. The van der Waals surface area contributed by atoms with Crippen LogP contribution >= 0.6 is 23.5 Å². The van der Waals surface area contributed by atoms with Crippen LogP contribution in [0.3, 0.4) is 0 Å². The number of benzene rings is 3. The van der Waals surface area contributed by atoms with Gasteiger partial charge in [-0.25, -0.2) is 0 Å². The quantitative estimate of drug-likeness (QED) is 0.470. The molecule has 1 saturated heterocycles. The largest absolute Gasteiger partial charge is 0.293 e. The Bertz CT molecular complexity index is 1170. The highest BCUT2D eigenvalue weighted by molar-refractivity contribution is 8.18. The summed E-state index contributed by atoms with van der Waals surface area (Å²) < 4.78 is 0. The van der Waals surface area contributed by atoms with Gasteiger partial charge in [-0.15, -0.1) is 0 Å². The second-order valence-electron chi connectivity index (χ2n) is 6.52. The number of hydrogen-bond donors (Lipinski definition) is 0. The standard InChI is InChI=1S/C24H16N2O2S2/c25-15-18-6-4-5-7-19(18)16-26-23(27)22(30-24(26)28)14-17-10-12-21(13-11-17)29-20-8-2-1-3-9-20/h1-14H,16H2/b22-14+. The molecule has 0 aromatic heterocycles. The molecule has 6 heteroatoms. The molecule has 1 aliphatic heterocycles. The highest BCUT2D eigenvalue weighted by atomic mass is 32.2. The summed E-state index contributed by atoms with van der Waals surface area (Å²) >= 11 is 2.59. The zero-order chi connectivity index (χ0) is 20.9. The van der Waals surface area contributed by atoms with Crippen LogP contribution in [0.1, 0.15) is 16.7 Å². The molecular weight excluding hydrogens is 412 g/mol. The number of hydrogen-bond acceptors (Lipinski definition) is 5. The van der Waals surface area contributed by atoms with Crippen molar-refractivity contribution >= 4 is 40.7 Å². The summed E-state index contributed by atoms with van der Waals surface area (Å²) in [7, 11) is 0. The van der Waals surface area contributed by atoms with Crippen LogP contribution in [0.15, 0.2) is 93.6 Å². The minimum absolute atomic E-state index is 0.0956. The lowest BCUT2D eigenvalue weighted by atomic mass is 10.1. The molecule has 0 radical (unpaired) electrons. The number of carbonyl (C=O) groups is 2. The van der Waals surface area contributed by atoms with Gasteiger partial charge in [0.2, 0.25) is 0 Å². The van der Waals surface area contributed by atoms with Crippen LogP contribution in [0, 0.1) is 11.3 Å². The number of carbonyl (C=O) groups excluding carboxylic acids is 2. The lowest BCUT2D eigenvalue weighted by molar-refractivity contribution is -0.123. The first kappa shape index (κ1) is 20.0. The normalized spacial score (nSPS) is 14.9. The maximum Gasteiger partial charge on any atom is 0.293 e. The van der Waals surface area contributed by atoms with E-state index < -0.39 is 0 Å². The van der Waals surface area contributed by atoms with E-state index >= 15 is 0 Å². The Morgan fingerprint density at radius 1 is 0.900 bits per heavy atom. The topological polar surface area (TPSA) is 61.2 Å².